The molecule has 4 rings (SSSR count). The van der Waals surface area contributed by atoms with Crippen molar-refractivity contribution in [1.82, 2.24) is 19.9 Å². The van der Waals surface area contributed by atoms with Gasteiger partial charge in [0.2, 0.25) is 5.91 Å². The molecular weight excluding hydrogens is 380 g/mol. The minimum absolute atomic E-state index is 0.0511. The van der Waals surface area contributed by atoms with Crippen molar-refractivity contribution < 1.29 is 4.79 Å². The lowest BCUT2D eigenvalue weighted by Crippen LogP contribution is -2.30. The molecule has 4 aromatic rings. The molecule has 0 saturated carbocycles. The van der Waals surface area contributed by atoms with Gasteiger partial charge in [0.25, 0.3) is 0 Å². The molecule has 5 nitrogen and oxygen atoms in total. The number of carbonyl (C=O) groups is 1. The molecule has 0 aliphatic heterocycles. The van der Waals surface area contributed by atoms with Gasteiger partial charge in [-0.15, -0.1) is 11.3 Å². The maximum Gasteiger partial charge on any atom is 0.226 e. The number of hydrogen-bond acceptors (Lipinski definition) is 4. The second-order valence-corrected chi connectivity index (χ2v) is 8.26. The van der Waals surface area contributed by atoms with Gasteiger partial charge in [0.1, 0.15) is 10.8 Å². The van der Waals surface area contributed by atoms with Crippen molar-refractivity contribution in [3.8, 4) is 10.6 Å². The molecule has 29 heavy (non-hydrogen) atoms. The van der Waals surface area contributed by atoms with Crippen LogP contribution in [-0.2, 0) is 11.2 Å². The summed E-state index contributed by atoms with van der Waals surface area (Å²) in [5.74, 6) is 0.822. The summed E-state index contributed by atoms with van der Waals surface area (Å²) in [5, 5.41) is 5.98. The third-order valence-corrected chi connectivity index (χ3v) is 5.76. The molecule has 0 unspecified atom stereocenters. The van der Waals surface area contributed by atoms with Crippen LogP contribution in [0, 0.1) is 0 Å². The van der Waals surface area contributed by atoms with Crippen molar-refractivity contribution in [3.63, 3.8) is 0 Å². The lowest BCUT2D eigenvalue weighted by molar-refractivity contribution is -0.121. The first-order chi connectivity index (χ1) is 14.0. The van der Waals surface area contributed by atoms with Gasteiger partial charge in [-0.25, -0.2) is 9.97 Å². The summed E-state index contributed by atoms with van der Waals surface area (Å²) in [5.41, 5.74) is 3.90. The Morgan fingerprint density at radius 2 is 1.76 bits per heavy atom. The van der Waals surface area contributed by atoms with E-state index in [1.807, 2.05) is 60.8 Å². The second-order valence-electron chi connectivity index (χ2n) is 7.40. The topological polar surface area (TPSA) is 59.8 Å². The van der Waals surface area contributed by atoms with Crippen LogP contribution in [0.5, 0.6) is 0 Å². The van der Waals surface area contributed by atoms with E-state index in [1.165, 1.54) is 0 Å². The van der Waals surface area contributed by atoms with Crippen molar-refractivity contribution in [3.05, 3.63) is 71.5 Å². The number of para-hydroxylation sites is 2. The summed E-state index contributed by atoms with van der Waals surface area (Å²) in [7, 11) is 0. The van der Waals surface area contributed by atoms with E-state index in [2.05, 4.69) is 34.8 Å². The normalized spacial score (nSPS) is 12.4. The van der Waals surface area contributed by atoms with Crippen LogP contribution in [0.2, 0.25) is 0 Å². The number of aromatic nitrogens is 3. The highest BCUT2D eigenvalue weighted by Crippen LogP contribution is 2.26. The van der Waals surface area contributed by atoms with Gasteiger partial charge in [-0.1, -0.05) is 42.5 Å². The Hall–Kier alpha value is -2.99. The van der Waals surface area contributed by atoms with Crippen LogP contribution in [-0.4, -0.2) is 20.4 Å². The molecule has 2 aromatic heterocycles. The summed E-state index contributed by atoms with van der Waals surface area (Å²) < 4.78 is 2.19. The van der Waals surface area contributed by atoms with Gasteiger partial charge < -0.3 is 9.88 Å². The number of thiazole rings is 1. The van der Waals surface area contributed by atoms with Gasteiger partial charge in [-0.3, -0.25) is 4.79 Å². The largest absolute Gasteiger partial charge is 0.346 e. The first-order valence-electron chi connectivity index (χ1n) is 9.79. The van der Waals surface area contributed by atoms with E-state index in [0.717, 1.165) is 33.1 Å². The number of benzene rings is 2. The predicted octanol–water partition coefficient (Wildman–Crippen LogP) is 5.16. The maximum absolute atomic E-state index is 12.7. The maximum atomic E-state index is 12.7. The zero-order chi connectivity index (χ0) is 20.4. The predicted molar refractivity (Wildman–Crippen MR) is 118 cm³/mol. The van der Waals surface area contributed by atoms with Gasteiger partial charge in [-0.2, -0.15) is 0 Å². The van der Waals surface area contributed by atoms with Gasteiger partial charge in [0.05, 0.1) is 29.2 Å². The summed E-state index contributed by atoms with van der Waals surface area (Å²) in [6.07, 6.45) is 0.260. The van der Waals surface area contributed by atoms with Gasteiger partial charge in [-0.05, 0) is 32.9 Å². The smallest absolute Gasteiger partial charge is 0.226 e. The Bertz CT molecular complexity index is 1130. The summed E-state index contributed by atoms with van der Waals surface area (Å²) in [6.45, 7) is 6.24. The second kappa shape index (κ2) is 8.17. The first-order valence-corrected chi connectivity index (χ1v) is 10.7. The van der Waals surface area contributed by atoms with E-state index in [0.29, 0.717) is 0 Å². The Morgan fingerprint density at radius 3 is 2.52 bits per heavy atom. The van der Waals surface area contributed by atoms with Crippen LogP contribution in [0.25, 0.3) is 21.6 Å². The summed E-state index contributed by atoms with van der Waals surface area (Å²) in [4.78, 5) is 22.0. The number of rotatable bonds is 6. The number of nitrogens with zero attached hydrogens (tertiary/aromatic N) is 3. The molecule has 0 spiro atoms. The number of imidazole rings is 1. The molecule has 2 heterocycles. The van der Waals surface area contributed by atoms with Crippen LogP contribution in [0.15, 0.2) is 60.0 Å². The van der Waals surface area contributed by atoms with Crippen molar-refractivity contribution in [2.45, 2.75) is 39.3 Å². The molecule has 0 aliphatic rings. The van der Waals surface area contributed by atoms with E-state index in [1.54, 1.807) is 11.3 Å². The number of nitrogens with one attached hydrogen (secondary N) is 1. The van der Waals surface area contributed by atoms with Crippen molar-refractivity contribution in [2.24, 2.45) is 0 Å². The van der Waals surface area contributed by atoms with Crippen molar-refractivity contribution >= 4 is 28.3 Å². The molecule has 0 fully saturated rings. The third kappa shape index (κ3) is 4.07. The van der Waals surface area contributed by atoms with Gasteiger partial charge >= 0.3 is 0 Å². The van der Waals surface area contributed by atoms with Crippen LogP contribution in [0.3, 0.4) is 0 Å². The summed E-state index contributed by atoms with van der Waals surface area (Å²) in [6, 6.07) is 18.2. The Balaban J connectivity index is 1.49. The van der Waals surface area contributed by atoms with E-state index in [4.69, 9.17) is 4.98 Å². The van der Waals surface area contributed by atoms with E-state index >= 15 is 0 Å². The fourth-order valence-corrected chi connectivity index (χ4v) is 4.36. The van der Waals surface area contributed by atoms with Crippen LogP contribution >= 0.6 is 11.3 Å². The number of carbonyl (C=O) groups excluding carboxylic acids is 1. The van der Waals surface area contributed by atoms with Gasteiger partial charge in [0.15, 0.2) is 0 Å². The average Bonchev–Trinajstić information content (AvgIpc) is 3.33. The highest BCUT2D eigenvalue weighted by atomic mass is 32.1. The molecule has 0 bridgehead atoms. The zero-order valence-corrected chi connectivity index (χ0v) is 17.6. The highest BCUT2D eigenvalue weighted by Gasteiger charge is 2.20. The molecule has 0 saturated heterocycles. The Kier molecular flexibility index (Phi) is 5.45. The zero-order valence-electron chi connectivity index (χ0n) is 16.8. The number of hydrogen-bond donors (Lipinski definition) is 1. The molecule has 1 atom stereocenters. The molecule has 1 amide bonds. The van der Waals surface area contributed by atoms with Gasteiger partial charge in [0, 0.05) is 17.0 Å². The highest BCUT2D eigenvalue weighted by molar-refractivity contribution is 7.13. The molecule has 2 aromatic carbocycles. The fraction of sp³-hybridized carbons (Fsp3) is 0.261. The van der Waals surface area contributed by atoms with E-state index < -0.39 is 0 Å². The monoisotopic (exact) mass is 404 g/mol. The molecule has 0 radical (unpaired) electrons. The van der Waals surface area contributed by atoms with Crippen LogP contribution < -0.4 is 5.32 Å². The Labute approximate surface area is 174 Å². The summed E-state index contributed by atoms with van der Waals surface area (Å²) >= 11 is 1.56. The van der Waals surface area contributed by atoms with Crippen LogP contribution in [0.1, 0.15) is 44.4 Å². The molecule has 6 heteroatoms. The molecule has 148 valence electrons. The van der Waals surface area contributed by atoms with Crippen molar-refractivity contribution in [2.75, 3.05) is 0 Å². The lowest BCUT2D eigenvalue weighted by Gasteiger charge is -2.18. The quantitative estimate of drug-likeness (QED) is 0.483. The molecular formula is C23H24N4OS. The van der Waals surface area contributed by atoms with Crippen LogP contribution in [0.4, 0.5) is 0 Å². The minimum Gasteiger partial charge on any atom is -0.346 e. The average molecular weight is 405 g/mol. The Morgan fingerprint density at radius 1 is 1.03 bits per heavy atom. The number of fused-ring (bicyclic) bond motifs is 1. The minimum atomic E-state index is -0.190. The molecule has 0 aliphatic carbocycles. The lowest BCUT2D eigenvalue weighted by atomic mass is 10.2. The SMILES string of the molecule is CC(C)n1c([C@@H](C)NC(=O)Cc2csc(-c3ccccc3)n2)nc2ccccc21. The fourth-order valence-electron chi connectivity index (χ4n) is 3.53. The standard InChI is InChI=1S/C23H24N4OS/c1-15(2)27-20-12-8-7-11-19(20)26-22(27)16(3)24-21(28)13-18-14-29-23(25-18)17-9-5-4-6-10-17/h4-12,14-16H,13H2,1-3H3,(H,24,28)/t16-/m1/s1. The molecule has 1 N–H and O–H groups in total. The van der Waals surface area contributed by atoms with Crippen molar-refractivity contribution in [1.29, 1.82) is 0 Å². The first kappa shape index (κ1) is 19.3. The third-order valence-electron chi connectivity index (χ3n) is 4.82. The van der Waals surface area contributed by atoms with E-state index in [-0.39, 0.29) is 24.4 Å². The van der Waals surface area contributed by atoms with E-state index in [9.17, 15) is 4.79 Å². The number of amides is 1.